The van der Waals surface area contributed by atoms with Gasteiger partial charge in [-0.05, 0) is 42.9 Å². The summed E-state index contributed by atoms with van der Waals surface area (Å²) in [6.07, 6.45) is 1.64. The van der Waals surface area contributed by atoms with E-state index in [1.165, 1.54) is 0 Å². The second-order valence-corrected chi connectivity index (χ2v) is 11.1. The maximum Gasteiger partial charge on any atom is 0.345 e. The number of aliphatic hydroxyl groups is 2. The third kappa shape index (κ3) is 3.27. The standard InChI is InChI=1S/C25H34N2O7/c1-6-23(4)10-16(34-21(32)14-11-26-22(33)27-20(14)31)24(5)12(2)7-8-25(13(3)19(23)30)9-15(28)17(29)18(24)25/h6,11-13,15-16,18-19,28,30H,1,7-10H2,2-5H3,(H2,26,27,31,33)/t12-,13+,15+,16?,18?,19+,23-,24+,25?/m1/s1. The first-order chi connectivity index (χ1) is 15.8. The summed E-state index contributed by atoms with van der Waals surface area (Å²) in [6.45, 7) is 11.7. The molecule has 4 N–H and O–H groups in total. The lowest BCUT2D eigenvalue weighted by atomic mass is 9.44. The van der Waals surface area contributed by atoms with Crippen molar-refractivity contribution in [2.75, 3.05) is 0 Å². The highest BCUT2D eigenvalue weighted by Gasteiger charge is 2.70. The van der Waals surface area contributed by atoms with E-state index in [1.54, 1.807) is 6.08 Å². The van der Waals surface area contributed by atoms with Gasteiger partial charge in [-0.3, -0.25) is 14.6 Å². The molecule has 0 saturated heterocycles. The molecule has 0 spiro atoms. The quantitative estimate of drug-likeness (QED) is 0.383. The maximum atomic E-state index is 13.5. The van der Waals surface area contributed by atoms with Gasteiger partial charge in [0.15, 0.2) is 5.78 Å². The largest absolute Gasteiger partial charge is 0.458 e. The molecule has 1 heterocycles. The first-order valence-corrected chi connectivity index (χ1v) is 11.9. The molecule has 9 nitrogen and oxygen atoms in total. The maximum absolute atomic E-state index is 13.5. The molecule has 34 heavy (non-hydrogen) atoms. The minimum Gasteiger partial charge on any atom is -0.458 e. The normalized spacial score (nSPS) is 44.0. The van der Waals surface area contributed by atoms with Crippen LogP contribution in [0.25, 0.3) is 0 Å². The molecule has 3 unspecified atom stereocenters. The van der Waals surface area contributed by atoms with Crippen molar-refractivity contribution >= 4 is 11.8 Å². The highest BCUT2D eigenvalue weighted by atomic mass is 16.5. The highest BCUT2D eigenvalue weighted by molar-refractivity contribution is 5.90. The van der Waals surface area contributed by atoms with E-state index in [0.29, 0.717) is 6.42 Å². The van der Waals surface area contributed by atoms with E-state index in [2.05, 4.69) is 11.6 Å². The fourth-order valence-corrected chi connectivity index (χ4v) is 7.24. The Morgan fingerprint density at radius 2 is 1.88 bits per heavy atom. The van der Waals surface area contributed by atoms with Crippen LogP contribution in [0, 0.1) is 34.0 Å². The number of aromatic nitrogens is 2. The number of aliphatic hydroxyl groups excluding tert-OH is 2. The number of rotatable bonds is 3. The van der Waals surface area contributed by atoms with Gasteiger partial charge in [-0.2, -0.15) is 0 Å². The average Bonchev–Trinajstić information content (AvgIpc) is 3.05. The van der Waals surface area contributed by atoms with Crippen LogP contribution in [0.3, 0.4) is 0 Å². The predicted octanol–water partition coefficient (Wildman–Crippen LogP) is 1.55. The number of hydrogen-bond donors (Lipinski definition) is 4. The molecule has 3 fully saturated rings. The predicted molar refractivity (Wildman–Crippen MR) is 123 cm³/mol. The van der Waals surface area contributed by atoms with E-state index in [1.807, 2.05) is 32.7 Å². The summed E-state index contributed by atoms with van der Waals surface area (Å²) >= 11 is 0. The summed E-state index contributed by atoms with van der Waals surface area (Å²) in [5.74, 6) is -2.16. The van der Waals surface area contributed by atoms with Gasteiger partial charge in [0.2, 0.25) is 0 Å². The van der Waals surface area contributed by atoms with Crippen molar-refractivity contribution in [1.82, 2.24) is 9.97 Å². The molecule has 1 aromatic heterocycles. The summed E-state index contributed by atoms with van der Waals surface area (Å²) in [6, 6.07) is 0. The average molecular weight is 475 g/mol. The number of H-pyrrole nitrogens is 2. The van der Waals surface area contributed by atoms with Gasteiger partial charge >= 0.3 is 11.7 Å². The van der Waals surface area contributed by atoms with Crippen LogP contribution < -0.4 is 11.2 Å². The van der Waals surface area contributed by atoms with Crippen molar-refractivity contribution < 1.29 is 24.5 Å². The number of esters is 1. The molecule has 1 aromatic rings. The molecule has 9 atom stereocenters. The minimum absolute atomic E-state index is 0.0388. The molecule has 186 valence electrons. The van der Waals surface area contributed by atoms with E-state index in [0.717, 1.165) is 12.6 Å². The van der Waals surface area contributed by atoms with Crippen molar-refractivity contribution in [1.29, 1.82) is 0 Å². The number of aromatic amines is 2. The Bertz CT molecular complexity index is 1140. The Hall–Kier alpha value is -2.52. The van der Waals surface area contributed by atoms with Crippen molar-refractivity contribution in [2.24, 2.45) is 34.0 Å². The molecule has 9 heteroatoms. The van der Waals surface area contributed by atoms with Gasteiger partial charge in [0.05, 0.1) is 6.10 Å². The Balaban J connectivity index is 1.88. The van der Waals surface area contributed by atoms with Gasteiger partial charge in [-0.15, -0.1) is 6.58 Å². The Morgan fingerprint density at radius 1 is 1.21 bits per heavy atom. The van der Waals surface area contributed by atoms with Crippen LogP contribution in [0.4, 0.5) is 0 Å². The van der Waals surface area contributed by atoms with Crippen molar-refractivity contribution in [2.45, 2.75) is 71.7 Å². The van der Waals surface area contributed by atoms with Crippen molar-refractivity contribution in [3.63, 3.8) is 0 Å². The third-order valence-corrected chi connectivity index (χ3v) is 9.62. The Kier molecular flexibility index (Phi) is 5.80. The molecule has 0 aliphatic heterocycles. The first kappa shape index (κ1) is 24.6. The smallest absolute Gasteiger partial charge is 0.345 e. The molecular formula is C25H34N2O7. The van der Waals surface area contributed by atoms with Gasteiger partial charge in [0.25, 0.3) is 5.56 Å². The van der Waals surface area contributed by atoms with Gasteiger partial charge in [-0.25, -0.2) is 9.59 Å². The molecule has 3 saturated carbocycles. The minimum atomic E-state index is -1.14. The number of Topliss-reactive ketones (excluding diaryl/α,β-unsaturated/α-hetero) is 1. The molecule has 0 radical (unpaired) electrons. The van der Waals surface area contributed by atoms with Crippen LogP contribution in [-0.2, 0) is 9.53 Å². The third-order valence-electron chi connectivity index (χ3n) is 9.62. The zero-order valence-corrected chi connectivity index (χ0v) is 20.1. The topological polar surface area (TPSA) is 150 Å². The molecule has 0 amide bonds. The van der Waals surface area contributed by atoms with E-state index in [-0.39, 0.29) is 36.0 Å². The van der Waals surface area contributed by atoms with Gasteiger partial charge in [0, 0.05) is 22.9 Å². The summed E-state index contributed by atoms with van der Waals surface area (Å²) in [4.78, 5) is 54.5. The zero-order chi connectivity index (χ0) is 25.2. The van der Waals surface area contributed by atoms with Crippen LogP contribution in [-0.4, -0.2) is 50.2 Å². The van der Waals surface area contributed by atoms with Crippen molar-refractivity contribution in [3.8, 4) is 0 Å². The number of carbonyl (C=O) groups is 2. The van der Waals surface area contributed by atoms with Crippen molar-refractivity contribution in [3.05, 3.63) is 45.3 Å². The monoisotopic (exact) mass is 474 g/mol. The fraction of sp³-hybridized carbons (Fsp3) is 0.680. The number of nitrogens with one attached hydrogen (secondary N) is 2. The summed E-state index contributed by atoms with van der Waals surface area (Å²) < 4.78 is 5.99. The van der Waals surface area contributed by atoms with Gasteiger partial charge in [0.1, 0.15) is 17.8 Å². The lowest BCUT2D eigenvalue weighted by molar-refractivity contribution is -0.192. The highest BCUT2D eigenvalue weighted by Crippen LogP contribution is 2.68. The Morgan fingerprint density at radius 3 is 2.50 bits per heavy atom. The number of hydrogen-bond acceptors (Lipinski definition) is 7. The van der Waals surface area contributed by atoms with Crippen LogP contribution in [0.5, 0.6) is 0 Å². The number of ketones is 1. The molecule has 3 aliphatic rings. The Labute approximate surface area is 197 Å². The summed E-state index contributed by atoms with van der Waals surface area (Å²) in [7, 11) is 0. The van der Waals surface area contributed by atoms with E-state index < -0.39 is 57.7 Å². The van der Waals surface area contributed by atoms with E-state index >= 15 is 0 Å². The fourth-order valence-electron chi connectivity index (χ4n) is 7.24. The second-order valence-electron chi connectivity index (χ2n) is 11.1. The first-order valence-electron chi connectivity index (χ1n) is 11.9. The van der Waals surface area contributed by atoms with Gasteiger partial charge in [-0.1, -0.05) is 33.8 Å². The number of carbonyl (C=O) groups excluding carboxylic acids is 2. The molecule has 4 rings (SSSR count). The summed E-state index contributed by atoms with van der Waals surface area (Å²) in [5, 5.41) is 22.2. The molecule has 2 bridgehead atoms. The van der Waals surface area contributed by atoms with Crippen LogP contribution >= 0.6 is 0 Å². The SMILES string of the molecule is C=C[C@]1(C)CC(OC(=O)c2c[nH]c(=O)[nH]c2=O)[C@@]2(C)C3C(=O)[C@@H](O)CC3(CC[C@H]2C)[C@@H](C)[C@@H]1O. The van der Waals surface area contributed by atoms with Gasteiger partial charge < -0.3 is 19.9 Å². The van der Waals surface area contributed by atoms with Crippen LogP contribution in [0.15, 0.2) is 28.4 Å². The number of ether oxygens (including phenoxy) is 1. The van der Waals surface area contributed by atoms with Crippen LogP contribution in [0.1, 0.15) is 63.7 Å². The van der Waals surface area contributed by atoms with Crippen LogP contribution in [0.2, 0.25) is 0 Å². The molecule has 3 aliphatic carbocycles. The summed E-state index contributed by atoms with van der Waals surface area (Å²) in [5.41, 5.74) is -4.32. The van der Waals surface area contributed by atoms with E-state index in [4.69, 9.17) is 4.74 Å². The second kappa shape index (κ2) is 8.02. The molecular weight excluding hydrogens is 440 g/mol. The lowest BCUT2D eigenvalue weighted by Gasteiger charge is -2.61. The molecule has 0 aromatic carbocycles. The zero-order valence-electron chi connectivity index (χ0n) is 20.1. The van der Waals surface area contributed by atoms with E-state index in [9.17, 15) is 29.4 Å². The lowest BCUT2D eigenvalue weighted by Crippen LogP contribution is -2.63.